The van der Waals surface area contributed by atoms with Gasteiger partial charge in [-0.25, -0.2) is 0 Å². The van der Waals surface area contributed by atoms with Gasteiger partial charge in [-0.2, -0.15) is 0 Å². The fourth-order valence-electron chi connectivity index (χ4n) is 0.351. The average molecular weight is 197 g/mol. The summed E-state index contributed by atoms with van der Waals surface area (Å²) >= 11 is 0. The van der Waals surface area contributed by atoms with Crippen molar-refractivity contribution in [2.75, 3.05) is 0 Å². The molecule has 0 radical (unpaired) electrons. The van der Waals surface area contributed by atoms with Gasteiger partial charge in [0.2, 0.25) is 0 Å². The van der Waals surface area contributed by atoms with E-state index in [9.17, 15) is 0 Å². The molecule has 4 heteroatoms. The zero-order chi connectivity index (χ0) is 7.28. The molecule has 0 amide bonds. The topological polar surface area (TPSA) is 52.0 Å². The SMILES string of the molecule is C#CC(N)C=CC(C)N.Cl.Cl. The van der Waals surface area contributed by atoms with Crippen LogP contribution in [0.2, 0.25) is 0 Å². The first-order valence-electron chi connectivity index (χ1n) is 2.82. The largest absolute Gasteiger partial charge is 0.325 e. The smallest absolute Gasteiger partial charge is 0.0848 e. The highest BCUT2D eigenvalue weighted by Gasteiger charge is 1.88. The van der Waals surface area contributed by atoms with Crippen molar-refractivity contribution in [2.45, 2.75) is 19.0 Å². The van der Waals surface area contributed by atoms with Gasteiger partial charge in [-0.05, 0) is 6.92 Å². The molecule has 0 fully saturated rings. The van der Waals surface area contributed by atoms with Gasteiger partial charge in [-0.3, -0.25) is 0 Å². The first-order valence-corrected chi connectivity index (χ1v) is 2.82. The predicted octanol–water partition coefficient (Wildman–Crippen LogP) is 0.694. The Kier molecular flexibility index (Phi) is 15.2. The third-order valence-corrected chi connectivity index (χ3v) is 0.814. The molecule has 0 rings (SSSR count). The van der Waals surface area contributed by atoms with Gasteiger partial charge in [-0.15, -0.1) is 31.2 Å². The number of nitrogens with two attached hydrogens (primary N) is 2. The summed E-state index contributed by atoms with van der Waals surface area (Å²) in [6.45, 7) is 1.86. The van der Waals surface area contributed by atoms with Crippen LogP contribution in [-0.4, -0.2) is 12.1 Å². The maximum absolute atomic E-state index is 5.38. The Hall–Kier alpha value is -0.200. The molecule has 0 aliphatic carbocycles. The van der Waals surface area contributed by atoms with E-state index in [0.717, 1.165) is 0 Å². The predicted molar refractivity (Wildman–Crippen MR) is 54.1 cm³/mol. The Bertz CT molecular complexity index is 138. The van der Waals surface area contributed by atoms with Crippen LogP contribution in [0.3, 0.4) is 0 Å². The maximum Gasteiger partial charge on any atom is 0.0848 e. The molecule has 2 nitrogen and oxygen atoms in total. The Morgan fingerprint density at radius 2 is 1.73 bits per heavy atom. The van der Waals surface area contributed by atoms with Crippen molar-refractivity contribution in [2.24, 2.45) is 11.5 Å². The molecule has 2 atom stereocenters. The van der Waals surface area contributed by atoms with Gasteiger partial charge in [0, 0.05) is 6.04 Å². The van der Waals surface area contributed by atoms with E-state index in [-0.39, 0.29) is 36.9 Å². The van der Waals surface area contributed by atoms with Crippen molar-refractivity contribution in [3.05, 3.63) is 12.2 Å². The van der Waals surface area contributed by atoms with E-state index < -0.39 is 0 Å². The molecule has 0 saturated carbocycles. The van der Waals surface area contributed by atoms with Crippen molar-refractivity contribution in [1.82, 2.24) is 0 Å². The summed E-state index contributed by atoms with van der Waals surface area (Å²) in [5.41, 5.74) is 10.7. The first-order chi connectivity index (χ1) is 4.16. The van der Waals surface area contributed by atoms with Gasteiger partial charge >= 0.3 is 0 Å². The number of terminal acetylenes is 1. The van der Waals surface area contributed by atoms with Crippen LogP contribution in [0.5, 0.6) is 0 Å². The van der Waals surface area contributed by atoms with Gasteiger partial charge in [0.1, 0.15) is 0 Å². The second-order valence-electron chi connectivity index (χ2n) is 1.94. The number of halogens is 2. The summed E-state index contributed by atoms with van der Waals surface area (Å²) in [4.78, 5) is 0. The minimum Gasteiger partial charge on any atom is -0.325 e. The molecule has 0 aromatic carbocycles. The molecule has 11 heavy (non-hydrogen) atoms. The Morgan fingerprint density at radius 3 is 2.00 bits per heavy atom. The van der Waals surface area contributed by atoms with Crippen molar-refractivity contribution < 1.29 is 0 Å². The van der Waals surface area contributed by atoms with E-state index in [2.05, 4.69) is 5.92 Å². The minimum atomic E-state index is -0.295. The van der Waals surface area contributed by atoms with Crippen molar-refractivity contribution in [1.29, 1.82) is 0 Å². The summed E-state index contributed by atoms with van der Waals surface area (Å²) in [6, 6.07) is -0.264. The fraction of sp³-hybridized carbons (Fsp3) is 0.429. The zero-order valence-electron chi connectivity index (χ0n) is 6.36. The van der Waals surface area contributed by atoms with Gasteiger partial charge < -0.3 is 11.5 Å². The molecule has 0 heterocycles. The van der Waals surface area contributed by atoms with Crippen molar-refractivity contribution >= 4 is 24.8 Å². The number of hydrogen-bond acceptors (Lipinski definition) is 2. The van der Waals surface area contributed by atoms with E-state index >= 15 is 0 Å². The second kappa shape index (κ2) is 9.80. The van der Waals surface area contributed by atoms with E-state index in [1.54, 1.807) is 12.2 Å². The monoisotopic (exact) mass is 196 g/mol. The molecule has 2 unspecified atom stereocenters. The van der Waals surface area contributed by atoms with E-state index in [1.807, 2.05) is 6.92 Å². The van der Waals surface area contributed by atoms with Crippen LogP contribution in [0.1, 0.15) is 6.92 Å². The van der Waals surface area contributed by atoms with Crippen LogP contribution in [0, 0.1) is 12.3 Å². The van der Waals surface area contributed by atoms with Gasteiger partial charge in [0.05, 0.1) is 6.04 Å². The first kappa shape index (κ1) is 17.0. The lowest BCUT2D eigenvalue weighted by Gasteiger charge is -1.96. The molecule has 0 spiro atoms. The standard InChI is InChI=1S/C7H12N2.2ClH/c1-3-7(9)5-4-6(2)8;;/h1,4-7H,8-9H2,2H3;2*1H. The van der Waals surface area contributed by atoms with Crippen LogP contribution >= 0.6 is 24.8 Å². The zero-order valence-corrected chi connectivity index (χ0v) is 7.99. The summed E-state index contributed by atoms with van der Waals surface area (Å²) in [6.07, 6.45) is 8.49. The third kappa shape index (κ3) is 12.9. The quantitative estimate of drug-likeness (QED) is 0.505. The van der Waals surface area contributed by atoms with E-state index in [0.29, 0.717) is 0 Å². The van der Waals surface area contributed by atoms with E-state index in [4.69, 9.17) is 17.9 Å². The second-order valence-corrected chi connectivity index (χ2v) is 1.94. The van der Waals surface area contributed by atoms with Crippen molar-refractivity contribution in [3.63, 3.8) is 0 Å². The van der Waals surface area contributed by atoms with Gasteiger partial charge in [0.15, 0.2) is 0 Å². The van der Waals surface area contributed by atoms with Crippen molar-refractivity contribution in [3.8, 4) is 12.3 Å². The van der Waals surface area contributed by atoms with Crippen LogP contribution < -0.4 is 11.5 Å². The molecule has 0 aliphatic heterocycles. The minimum absolute atomic E-state index is 0. The van der Waals surface area contributed by atoms with Crippen LogP contribution in [-0.2, 0) is 0 Å². The Morgan fingerprint density at radius 1 is 1.27 bits per heavy atom. The van der Waals surface area contributed by atoms with E-state index in [1.165, 1.54) is 0 Å². The molecule has 0 saturated heterocycles. The maximum atomic E-state index is 5.38. The highest BCUT2D eigenvalue weighted by atomic mass is 35.5. The van der Waals surface area contributed by atoms with Gasteiger partial charge in [0.25, 0.3) is 0 Å². The highest BCUT2D eigenvalue weighted by molar-refractivity contribution is 5.85. The molecule has 66 valence electrons. The molecular formula is C7H14Cl2N2. The molecule has 0 aromatic heterocycles. The van der Waals surface area contributed by atoms with Crippen LogP contribution in [0.4, 0.5) is 0 Å². The molecule has 0 aromatic rings. The van der Waals surface area contributed by atoms with Crippen LogP contribution in [0.25, 0.3) is 0 Å². The average Bonchev–Trinajstić information content (AvgIpc) is 1.83. The lowest BCUT2D eigenvalue weighted by molar-refractivity contribution is 0.910. The number of hydrogen-bond donors (Lipinski definition) is 2. The lowest BCUT2D eigenvalue weighted by atomic mass is 10.2. The third-order valence-electron chi connectivity index (χ3n) is 0.814. The highest BCUT2D eigenvalue weighted by Crippen LogP contribution is 1.82. The normalized spacial score (nSPS) is 14.0. The molecule has 4 N–H and O–H groups in total. The summed E-state index contributed by atoms with van der Waals surface area (Å²) < 4.78 is 0. The molecule has 0 bridgehead atoms. The summed E-state index contributed by atoms with van der Waals surface area (Å²) in [7, 11) is 0. The fourth-order valence-corrected chi connectivity index (χ4v) is 0.351. The number of rotatable bonds is 2. The summed E-state index contributed by atoms with van der Waals surface area (Å²) in [5, 5.41) is 0. The molecular weight excluding hydrogens is 183 g/mol. The Balaban J connectivity index is -0.000000320. The van der Waals surface area contributed by atoms with Crippen LogP contribution in [0.15, 0.2) is 12.2 Å². The summed E-state index contributed by atoms with van der Waals surface area (Å²) in [5.74, 6) is 2.36. The van der Waals surface area contributed by atoms with Gasteiger partial charge in [-0.1, -0.05) is 18.1 Å². The molecule has 0 aliphatic rings. The Labute approximate surface area is 80.2 Å². The lowest BCUT2D eigenvalue weighted by Crippen LogP contribution is -2.16.